The van der Waals surface area contributed by atoms with E-state index in [1.807, 2.05) is 12.1 Å². The van der Waals surface area contributed by atoms with E-state index in [2.05, 4.69) is 29.8 Å². The zero-order valence-electron chi connectivity index (χ0n) is 10.3. The first kappa shape index (κ1) is 12.6. The zero-order valence-corrected chi connectivity index (χ0v) is 11.8. The molecule has 17 heavy (non-hydrogen) atoms. The summed E-state index contributed by atoms with van der Waals surface area (Å²) in [7, 11) is 0. The maximum Gasteiger partial charge on any atom is 0.136 e. The van der Waals surface area contributed by atoms with Crippen LogP contribution in [0.4, 0.5) is 0 Å². The predicted octanol–water partition coefficient (Wildman–Crippen LogP) is 3.96. The van der Waals surface area contributed by atoms with Crippen molar-refractivity contribution in [1.82, 2.24) is 0 Å². The van der Waals surface area contributed by atoms with Crippen LogP contribution in [-0.2, 0) is 4.79 Å². The molecule has 3 heteroatoms. The lowest BCUT2D eigenvalue weighted by Gasteiger charge is -2.23. The van der Waals surface area contributed by atoms with Gasteiger partial charge in [-0.25, -0.2) is 0 Å². The maximum atomic E-state index is 11.4. The summed E-state index contributed by atoms with van der Waals surface area (Å²) in [5.74, 6) is 1.20. The molecule has 1 unspecified atom stereocenters. The van der Waals surface area contributed by atoms with Crippen LogP contribution in [0.15, 0.2) is 16.6 Å². The van der Waals surface area contributed by atoms with Gasteiger partial charge in [0.25, 0.3) is 0 Å². The lowest BCUT2D eigenvalue weighted by Crippen LogP contribution is -2.25. The number of hydrogen-bond acceptors (Lipinski definition) is 2. The summed E-state index contributed by atoms with van der Waals surface area (Å²) in [5.41, 5.74) is 2.34. The first-order chi connectivity index (χ1) is 8.06. The molecule has 0 aliphatic heterocycles. The number of ether oxygens (including phenoxy) is 1. The van der Waals surface area contributed by atoms with Crippen LogP contribution in [0.1, 0.15) is 36.8 Å². The molecule has 0 radical (unpaired) electrons. The fourth-order valence-corrected chi connectivity index (χ4v) is 2.48. The molecular formula is C14H17BrO2. The molecule has 1 atom stereocenters. The van der Waals surface area contributed by atoms with Gasteiger partial charge in [-0.3, -0.25) is 4.79 Å². The number of ketones is 1. The molecule has 1 aromatic carbocycles. The summed E-state index contributed by atoms with van der Waals surface area (Å²) < 4.78 is 7.03. The Kier molecular flexibility index (Phi) is 3.87. The molecule has 0 amide bonds. The first-order valence-electron chi connectivity index (χ1n) is 6.01. The highest BCUT2D eigenvalue weighted by Crippen LogP contribution is 2.28. The Bertz CT molecular complexity index is 417. The summed E-state index contributed by atoms with van der Waals surface area (Å²) in [6.07, 6.45) is 3.29. The standard InChI is InChI=1S/C14H17BrO2/c1-9-6-13(7-10(2)14(9)15)17-12-5-3-4-11(16)8-12/h6-7,12H,3-5,8H2,1-2H3. The third kappa shape index (κ3) is 3.09. The molecule has 92 valence electrons. The van der Waals surface area contributed by atoms with E-state index in [9.17, 15) is 4.79 Å². The largest absolute Gasteiger partial charge is 0.490 e. The molecule has 1 saturated carbocycles. The second-order valence-electron chi connectivity index (χ2n) is 4.75. The second kappa shape index (κ2) is 5.21. The Balaban J connectivity index is 2.10. The summed E-state index contributed by atoms with van der Waals surface area (Å²) in [6, 6.07) is 4.05. The van der Waals surface area contributed by atoms with Crippen LogP contribution >= 0.6 is 15.9 Å². The summed E-state index contributed by atoms with van der Waals surface area (Å²) in [5, 5.41) is 0. The molecule has 2 rings (SSSR count). The van der Waals surface area contributed by atoms with E-state index in [1.54, 1.807) is 0 Å². The minimum absolute atomic E-state index is 0.0659. The highest BCUT2D eigenvalue weighted by molar-refractivity contribution is 9.10. The fourth-order valence-electron chi connectivity index (χ4n) is 2.25. The van der Waals surface area contributed by atoms with Gasteiger partial charge in [-0.1, -0.05) is 15.9 Å². The Morgan fingerprint density at radius 3 is 2.53 bits per heavy atom. The van der Waals surface area contributed by atoms with Crippen molar-refractivity contribution in [3.05, 3.63) is 27.7 Å². The topological polar surface area (TPSA) is 26.3 Å². The summed E-state index contributed by atoms with van der Waals surface area (Å²) in [6.45, 7) is 4.10. The van der Waals surface area contributed by atoms with Crippen molar-refractivity contribution in [2.45, 2.75) is 45.6 Å². The van der Waals surface area contributed by atoms with Crippen LogP contribution in [-0.4, -0.2) is 11.9 Å². The van der Waals surface area contributed by atoms with Crippen LogP contribution in [0.5, 0.6) is 5.75 Å². The predicted molar refractivity (Wildman–Crippen MR) is 71.5 cm³/mol. The van der Waals surface area contributed by atoms with Crippen LogP contribution < -0.4 is 4.74 Å². The lowest BCUT2D eigenvalue weighted by atomic mass is 9.96. The van der Waals surface area contributed by atoms with Crippen molar-refractivity contribution in [2.75, 3.05) is 0 Å². The van der Waals surface area contributed by atoms with Gasteiger partial charge in [0.1, 0.15) is 17.6 Å². The first-order valence-corrected chi connectivity index (χ1v) is 6.80. The van der Waals surface area contributed by atoms with E-state index >= 15 is 0 Å². The molecule has 0 N–H and O–H groups in total. The van der Waals surface area contributed by atoms with Gasteiger partial charge in [0.05, 0.1) is 0 Å². The SMILES string of the molecule is Cc1cc(OC2CCCC(=O)C2)cc(C)c1Br. The zero-order chi connectivity index (χ0) is 12.4. The Morgan fingerprint density at radius 2 is 1.94 bits per heavy atom. The molecule has 1 fully saturated rings. The Labute approximate surface area is 110 Å². The third-order valence-electron chi connectivity index (χ3n) is 3.15. The van der Waals surface area contributed by atoms with Crippen LogP contribution in [0.2, 0.25) is 0 Å². The number of carbonyl (C=O) groups excluding carboxylic acids is 1. The monoisotopic (exact) mass is 296 g/mol. The van der Waals surface area contributed by atoms with Gasteiger partial charge in [0, 0.05) is 17.3 Å². The van der Waals surface area contributed by atoms with E-state index in [-0.39, 0.29) is 6.10 Å². The number of halogens is 1. The highest BCUT2D eigenvalue weighted by atomic mass is 79.9. The molecule has 0 bridgehead atoms. The number of benzene rings is 1. The smallest absolute Gasteiger partial charge is 0.136 e. The second-order valence-corrected chi connectivity index (χ2v) is 5.54. The number of rotatable bonds is 2. The summed E-state index contributed by atoms with van der Waals surface area (Å²) >= 11 is 3.54. The minimum Gasteiger partial charge on any atom is -0.490 e. The summed E-state index contributed by atoms with van der Waals surface area (Å²) in [4.78, 5) is 11.4. The normalized spacial score (nSPS) is 20.4. The van der Waals surface area contributed by atoms with Crippen molar-refractivity contribution in [3.63, 3.8) is 0 Å². The third-order valence-corrected chi connectivity index (χ3v) is 4.40. The van der Waals surface area contributed by atoms with E-state index < -0.39 is 0 Å². The molecule has 1 aromatic rings. The quantitative estimate of drug-likeness (QED) is 0.826. The van der Waals surface area contributed by atoms with Gasteiger partial charge < -0.3 is 4.74 Å². The maximum absolute atomic E-state index is 11.4. The van der Waals surface area contributed by atoms with Crippen LogP contribution in [0.25, 0.3) is 0 Å². The van der Waals surface area contributed by atoms with Crippen molar-refractivity contribution in [2.24, 2.45) is 0 Å². The number of carbonyl (C=O) groups is 1. The molecule has 0 saturated heterocycles. The van der Waals surface area contributed by atoms with Gasteiger partial charge >= 0.3 is 0 Å². The van der Waals surface area contributed by atoms with Crippen molar-refractivity contribution >= 4 is 21.7 Å². The Morgan fingerprint density at radius 1 is 1.29 bits per heavy atom. The average molecular weight is 297 g/mol. The van der Waals surface area contributed by atoms with Crippen LogP contribution in [0.3, 0.4) is 0 Å². The molecule has 1 aliphatic rings. The number of hydrogen-bond donors (Lipinski definition) is 0. The molecule has 0 aromatic heterocycles. The van der Waals surface area contributed by atoms with Gasteiger partial charge in [0.15, 0.2) is 0 Å². The average Bonchev–Trinajstić information content (AvgIpc) is 2.26. The molecule has 2 nitrogen and oxygen atoms in total. The number of Topliss-reactive ketones (excluding diaryl/α,β-unsaturated/α-hetero) is 1. The minimum atomic E-state index is 0.0659. The van der Waals surface area contributed by atoms with E-state index in [0.29, 0.717) is 12.2 Å². The lowest BCUT2D eigenvalue weighted by molar-refractivity contribution is -0.122. The molecule has 1 aliphatic carbocycles. The van der Waals surface area contributed by atoms with Crippen molar-refractivity contribution < 1.29 is 9.53 Å². The fraction of sp³-hybridized carbons (Fsp3) is 0.500. The molecule has 0 spiro atoms. The van der Waals surface area contributed by atoms with Gasteiger partial charge in [-0.2, -0.15) is 0 Å². The Hall–Kier alpha value is -0.830. The van der Waals surface area contributed by atoms with E-state index in [1.165, 1.54) is 11.1 Å². The van der Waals surface area contributed by atoms with Gasteiger partial charge in [0.2, 0.25) is 0 Å². The molecular weight excluding hydrogens is 280 g/mol. The van der Waals surface area contributed by atoms with Crippen molar-refractivity contribution in [1.29, 1.82) is 0 Å². The molecule has 0 heterocycles. The van der Waals surface area contributed by atoms with Crippen LogP contribution in [0, 0.1) is 13.8 Å². The van der Waals surface area contributed by atoms with E-state index in [4.69, 9.17) is 4.74 Å². The van der Waals surface area contributed by atoms with Crippen molar-refractivity contribution in [3.8, 4) is 5.75 Å². The van der Waals surface area contributed by atoms with Gasteiger partial charge in [-0.15, -0.1) is 0 Å². The van der Waals surface area contributed by atoms with Gasteiger partial charge in [-0.05, 0) is 49.9 Å². The van der Waals surface area contributed by atoms with E-state index in [0.717, 1.165) is 29.5 Å². The highest BCUT2D eigenvalue weighted by Gasteiger charge is 2.21. The number of aryl methyl sites for hydroxylation is 2.